The van der Waals surface area contributed by atoms with Crippen molar-refractivity contribution in [2.75, 3.05) is 12.4 Å². The standard InChI is InChI=1S/C13H12FN5/c1-15-12-11-13(17-7-16-12)19(8-18-11)6-9-2-4-10(14)5-3-9/h2-5,7-8H,6H2,1H3,(H,15,16,17). The topological polar surface area (TPSA) is 55.6 Å². The molecule has 96 valence electrons. The average molecular weight is 257 g/mol. The minimum Gasteiger partial charge on any atom is -0.371 e. The Morgan fingerprint density at radius 3 is 2.68 bits per heavy atom. The number of nitrogens with one attached hydrogen (secondary N) is 1. The Balaban J connectivity index is 1.99. The predicted molar refractivity (Wildman–Crippen MR) is 70.4 cm³/mol. The zero-order valence-corrected chi connectivity index (χ0v) is 10.3. The summed E-state index contributed by atoms with van der Waals surface area (Å²) in [4.78, 5) is 12.7. The molecule has 0 fully saturated rings. The van der Waals surface area contributed by atoms with Gasteiger partial charge in [0.05, 0.1) is 12.9 Å². The fraction of sp³-hybridized carbons (Fsp3) is 0.154. The molecule has 3 rings (SSSR count). The summed E-state index contributed by atoms with van der Waals surface area (Å²) in [5.74, 6) is 0.460. The third-order valence-corrected chi connectivity index (χ3v) is 2.90. The van der Waals surface area contributed by atoms with E-state index in [9.17, 15) is 4.39 Å². The minimum absolute atomic E-state index is 0.237. The second-order valence-electron chi connectivity index (χ2n) is 4.14. The Labute approximate surface area is 109 Å². The number of rotatable bonds is 3. The molecule has 0 amide bonds. The van der Waals surface area contributed by atoms with E-state index in [1.165, 1.54) is 18.5 Å². The van der Waals surface area contributed by atoms with Crippen LogP contribution in [0.3, 0.4) is 0 Å². The molecule has 0 spiro atoms. The maximum absolute atomic E-state index is 12.9. The molecule has 0 aliphatic heterocycles. The fourth-order valence-corrected chi connectivity index (χ4v) is 1.97. The summed E-state index contributed by atoms with van der Waals surface area (Å²) < 4.78 is 14.8. The number of nitrogens with zero attached hydrogens (tertiary/aromatic N) is 4. The highest BCUT2D eigenvalue weighted by Gasteiger charge is 2.09. The summed E-state index contributed by atoms with van der Waals surface area (Å²) in [7, 11) is 1.79. The first-order valence-electron chi connectivity index (χ1n) is 5.86. The van der Waals surface area contributed by atoms with Gasteiger partial charge in [-0.1, -0.05) is 12.1 Å². The van der Waals surface area contributed by atoms with Crippen molar-refractivity contribution in [2.45, 2.75) is 6.54 Å². The number of aromatic nitrogens is 4. The Hall–Kier alpha value is -2.50. The maximum Gasteiger partial charge on any atom is 0.165 e. The van der Waals surface area contributed by atoms with Crippen LogP contribution in [0, 0.1) is 5.82 Å². The summed E-state index contributed by atoms with van der Waals surface area (Å²) in [5.41, 5.74) is 2.47. The van der Waals surface area contributed by atoms with E-state index in [1.54, 1.807) is 25.5 Å². The fourth-order valence-electron chi connectivity index (χ4n) is 1.97. The van der Waals surface area contributed by atoms with Gasteiger partial charge >= 0.3 is 0 Å². The predicted octanol–water partition coefficient (Wildman–Crippen LogP) is 2.06. The van der Waals surface area contributed by atoms with Crippen LogP contribution < -0.4 is 5.32 Å². The van der Waals surface area contributed by atoms with E-state index >= 15 is 0 Å². The van der Waals surface area contributed by atoms with E-state index in [-0.39, 0.29) is 5.82 Å². The van der Waals surface area contributed by atoms with Crippen LogP contribution in [-0.4, -0.2) is 26.6 Å². The Kier molecular flexibility index (Phi) is 2.83. The lowest BCUT2D eigenvalue weighted by molar-refractivity contribution is 0.626. The van der Waals surface area contributed by atoms with Crippen LogP contribution in [0.2, 0.25) is 0 Å². The van der Waals surface area contributed by atoms with E-state index in [2.05, 4.69) is 20.3 Å². The molecule has 0 bridgehead atoms. The molecular weight excluding hydrogens is 245 g/mol. The van der Waals surface area contributed by atoms with E-state index in [0.717, 1.165) is 16.7 Å². The van der Waals surface area contributed by atoms with Crippen LogP contribution in [-0.2, 0) is 6.54 Å². The van der Waals surface area contributed by atoms with Crippen molar-refractivity contribution in [3.8, 4) is 0 Å². The van der Waals surface area contributed by atoms with Crippen LogP contribution in [0.15, 0.2) is 36.9 Å². The van der Waals surface area contributed by atoms with Gasteiger partial charge in [0.15, 0.2) is 11.5 Å². The van der Waals surface area contributed by atoms with Gasteiger partial charge < -0.3 is 9.88 Å². The van der Waals surface area contributed by atoms with Crippen molar-refractivity contribution >= 4 is 17.0 Å². The Morgan fingerprint density at radius 1 is 1.16 bits per heavy atom. The van der Waals surface area contributed by atoms with Gasteiger partial charge in [-0.3, -0.25) is 0 Å². The van der Waals surface area contributed by atoms with Gasteiger partial charge in [-0.15, -0.1) is 0 Å². The molecule has 1 N–H and O–H groups in total. The second kappa shape index (κ2) is 4.64. The summed E-state index contributed by atoms with van der Waals surface area (Å²) in [5, 5.41) is 2.98. The van der Waals surface area contributed by atoms with Gasteiger partial charge in [-0.05, 0) is 17.7 Å². The van der Waals surface area contributed by atoms with E-state index in [4.69, 9.17) is 0 Å². The molecular formula is C13H12FN5. The molecule has 0 saturated heterocycles. The summed E-state index contributed by atoms with van der Waals surface area (Å²) >= 11 is 0. The highest BCUT2D eigenvalue weighted by Crippen LogP contribution is 2.17. The second-order valence-corrected chi connectivity index (χ2v) is 4.14. The van der Waals surface area contributed by atoms with Gasteiger partial charge in [0.1, 0.15) is 17.7 Å². The summed E-state index contributed by atoms with van der Waals surface area (Å²) in [6, 6.07) is 6.40. The van der Waals surface area contributed by atoms with Crippen LogP contribution >= 0.6 is 0 Å². The smallest absolute Gasteiger partial charge is 0.165 e. The number of fused-ring (bicyclic) bond motifs is 1. The number of anilines is 1. The molecule has 0 radical (unpaired) electrons. The van der Waals surface area contributed by atoms with Crippen LogP contribution in [0.1, 0.15) is 5.56 Å². The van der Waals surface area contributed by atoms with Crippen molar-refractivity contribution in [2.24, 2.45) is 0 Å². The molecule has 0 atom stereocenters. The van der Waals surface area contributed by atoms with E-state index < -0.39 is 0 Å². The molecule has 2 heterocycles. The third-order valence-electron chi connectivity index (χ3n) is 2.90. The minimum atomic E-state index is -0.237. The SMILES string of the molecule is CNc1ncnc2c1ncn2Cc1ccc(F)cc1. The highest BCUT2D eigenvalue weighted by molar-refractivity contribution is 5.82. The van der Waals surface area contributed by atoms with Crippen molar-refractivity contribution in [3.63, 3.8) is 0 Å². The van der Waals surface area contributed by atoms with E-state index in [1.807, 2.05) is 4.57 Å². The average Bonchev–Trinajstić information content (AvgIpc) is 2.84. The zero-order chi connectivity index (χ0) is 13.2. The molecule has 5 nitrogen and oxygen atoms in total. The summed E-state index contributed by atoms with van der Waals surface area (Å²) in [6.45, 7) is 0.594. The molecule has 2 aromatic heterocycles. The van der Waals surface area contributed by atoms with Crippen molar-refractivity contribution in [1.29, 1.82) is 0 Å². The van der Waals surface area contributed by atoms with Crippen LogP contribution in [0.5, 0.6) is 0 Å². The molecule has 0 unspecified atom stereocenters. The quantitative estimate of drug-likeness (QED) is 0.780. The lowest BCUT2D eigenvalue weighted by atomic mass is 10.2. The van der Waals surface area contributed by atoms with Crippen molar-refractivity contribution in [1.82, 2.24) is 19.5 Å². The van der Waals surface area contributed by atoms with Crippen LogP contribution in [0.4, 0.5) is 10.2 Å². The molecule has 0 saturated carbocycles. The highest BCUT2D eigenvalue weighted by atomic mass is 19.1. The van der Waals surface area contributed by atoms with Gasteiger partial charge in [0.25, 0.3) is 0 Å². The van der Waals surface area contributed by atoms with Gasteiger partial charge in [0.2, 0.25) is 0 Å². The lowest BCUT2D eigenvalue weighted by Crippen LogP contribution is -2.00. The Bertz CT molecular complexity index is 705. The van der Waals surface area contributed by atoms with Gasteiger partial charge in [-0.2, -0.15) is 0 Å². The Morgan fingerprint density at radius 2 is 1.95 bits per heavy atom. The first-order chi connectivity index (χ1) is 9.28. The first kappa shape index (κ1) is 11.6. The number of benzene rings is 1. The van der Waals surface area contributed by atoms with Crippen molar-refractivity contribution < 1.29 is 4.39 Å². The number of hydrogen-bond acceptors (Lipinski definition) is 4. The summed E-state index contributed by atoms with van der Waals surface area (Å²) in [6.07, 6.45) is 3.21. The molecule has 1 aromatic carbocycles. The third kappa shape index (κ3) is 2.12. The molecule has 19 heavy (non-hydrogen) atoms. The molecule has 6 heteroatoms. The molecule has 0 aliphatic carbocycles. The lowest BCUT2D eigenvalue weighted by Gasteiger charge is -2.04. The molecule has 3 aromatic rings. The number of imidazole rings is 1. The van der Waals surface area contributed by atoms with E-state index in [0.29, 0.717) is 12.4 Å². The van der Waals surface area contributed by atoms with Gasteiger partial charge in [-0.25, -0.2) is 19.3 Å². The normalized spacial score (nSPS) is 10.8. The monoisotopic (exact) mass is 257 g/mol. The largest absolute Gasteiger partial charge is 0.371 e. The van der Waals surface area contributed by atoms with Crippen LogP contribution in [0.25, 0.3) is 11.2 Å². The number of hydrogen-bond donors (Lipinski definition) is 1. The zero-order valence-electron chi connectivity index (χ0n) is 10.3. The van der Waals surface area contributed by atoms with Crippen molar-refractivity contribution in [3.05, 3.63) is 48.3 Å². The first-order valence-corrected chi connectivity index (χ1v) is 5.86. The van der Waals surface area contributed by atoms with Gasteiger partial charge in [0, 0.05) is 7.05 Å². The number of halogens is 1. The molecule has 0 aliphatic rings. The maximum atomic E-state index is 12.9.